The maximum absolute atomic E-state index is 9.21. The predicted molar refractivity (Wildman–Crippen MR) is 94.3 cm³/mol. The molecule has 1 aromatic carbocycles. The van der Waals surface area contributed by atoms with E-state index in [1.165, 1.54) is 0 Å². The standard InChI is InChI=1S/C19H22N4O2/c24-12-14-4-6-17(7-5-14)25-13-16-11-23(22-21-16)19-3-1-2-15-10-20-9-8-18(15)19/h1-3,8-11,14,17,24H,4-7,12-13H2. The first kappa shape index (κ1) is 16.2. The molecule has 3 aromatic rings. The highest BCUT2D eigenvalue weighted by Crippen LogP contribution is 2.26. The number of aromatic nitrogens is 4. The molecule has 1 saturated carbocycles. The van der Waals surface area contributed by atoms with Crippen molar-refractivity contribution in [1.82, 2.24) is 20.0 Å². The number of hydrogen-bond donors (Lipinski definition) is 1. The van der Waals surface area contributed by atoms with Crippen molar-refractivity contribution in [2.24, 2.45) is 5.92 Å². The minimum Gasteiger partial charge on any atom is -0.396 e. The number of ether oxygens (including phenoxy) is 1. The Balaban J connectivity index is 1.44. The molecule has 0 amide bonds. The topological polar surface area (TPSA) is 73.1 Å². The molecule has 6 heteroatoms. The van der Waals surface area contributed by atoms with Crippen LogP contribution in [0.4, 0.5) is 0 Å². The van der Waals surface area contributed by atoms with Crippen LogP contribution in [0.2, 0.25) is 0 Å². The fourth-order valence-electron chi connectivity index (χ4n) is 3.47. The zero-order valence-electron chi connectivity index (χ0n) is 14.1. The van der Waals surface area contributed by atoms with Crippen molar-refractivity contribution in [2.45, 2.75) is 38.4 Å². The Morgan fingerprint density at radius 1 is 1.16 bits per heavy atom. The van der Waals surface area contributed by atoms with Crippen LogP contribution in [0.1, 0.15) is 31.4 Å². The summed E-state index contributed by atoms with van der Waals surface area (Å²) in [5, 5.41) is 19.9. The molecule has 0 saturated heterocycles. The van der Waals surface area contributed by atoms with Crippen molar-refractivity contribution in [2.75, 3.05) is 6.61 Å². The second-order valence-corrected chi connectivity index (χ2v) is 6.66. The summed E-state index contributed by atoms with van der Waals surface area (Å²) < 4.78 is 7.79. The van der Waals surface area contributed by atoms with E-state index in [-0.39, 0.29) is 6.10 Å². The summed E-state index contributed by atoms with van der Waals surface area (Å²) in [7, 11) is 0. The zero-order valence-corrected chi connectivity index (χ0v) is 14.1. The van der Waals surface area contributed by atoms with Crippen molar-refractivity contribution < 1.29 is 9.84 Å². The third-order valence-electron chi connectivity index (χ3n) is 4.96. The van der Waals surface area contributed by atoms with Gasteiger partial charge in [-0.25, -0.2) is 4.68 Å². The number of fused-ring (bicyclic) bond motifs is 1. The Bertz CT molecular complexity index is 835. The van der Waals surface area contributed by atoms with Crippen molar-refractivity contribution in [3.63, 3.8) is 0 Å². The highest BCUT2D eigenvalue weighted by atomic mass is 16.5. The monoisotopic (exact) mass is 338 g/mol. The fraction of sp³-hybridized carbons (Fsp3) is 0.421. The van der Waals surface area contributed by atoms with Crippen molar-refractivity contribution in [3.05, 3.63) is 48.5 Å². The molecule has 0 aliphatic heterocycles. The van der Waals surface area contributed by atoms with Crippen LogP contribution in [0, 0.1) is 5.92 Å². The molecule has 2 aromatic heterocycles. The number of benzene rings is 1. The number of nitrogens with zero attached hydrogens (tertiary/aromatic N) is 4. The molecule has 0 atom stereocenters. The Labute approximate surface area is 146 Å². The van der Waals surface area contributed by atoms with Gasteiger partial charge in [0.2, 0.25) is 0 Å². The number of aliphatic hydroxyl groups is 1. The molecule has 1 aliphatic rings. The van der Waals surface area contributed by atoms with Gasteiger partial charge in [-0.15, -0.1) is 5.10 Å². The SMILES string of the molecule is OCC1CCC(OCc2cn(-c3cccc4cnccc34)nn2)CC1. The third kappa shape index (κ3) is 3.55. The first-order chi connectivity index (χ1) is 12.3. The Morgan fingerprint density at radius 2 is 2.04 bits per heavy atom. The minimum absolute atomic E-state index is 0.261. The lowest BCUT2D eigenvalue weighted by atomic mass is 9.88. The molecular formula is C19H22N4O2. The van der Waals surface area contributed by atoms with Gasteiger partial charge in [-0.1, -0.05) is 17.3 Å². The van der Waals surface area contributed by atoms with Crippen LogP contribution in [-0.2, 0) is 11.3 Å². The lowest BCUT2D eigenvalue weighted by Crippen LogP contribution is -2.23. The number of pyridine rings is 1. The fourth-order valence-corrected chi connectivity index (χ4v) is 3.47. The van der Waals surface area contributed by atoms with E-state index in [0.717, 1.165) is 47.8 Å². The average Bonchev–Trinajstić information content (AvgIpc) is 3.15. The van der Waals surface area contributed by atoms with E-state index in [4.69, 9.17) is 4.74 Å². The summed E-state index contributed by atoms with van der Waals surface area (Å²) in [4.78, 5) is 4.16. The first-order valence-electron chi connectivity index (χ1n) is 8.80. The third-order valence-corrected chi connectivity index (χ3v) is 4.96. The van der Waals surface area contributed by atoms with Gasteiger partial charge in [-0.2, -0.15) is 0 Å². The van der Waals surface area contributed by atoms with Gasteiger partial charge in [-0.3, -0.25) is 4.98 Å². The molecule has 0 unspecified atom stereocenters. The van der Waals surface area contributed by atoms with Gasteiger partial charge in [0.25, 0.3) is 0 Å². The maximum atomic E-state index is 9.21. The second kappa shape index (κ2) is 7.29. The first-order valence-corrected chi connectivity index (χ1v) is 8.80. The van der Waals surface area contributed by atoms with Gasteiger partial charge >= 0.3 is 0 Å². The van der Waals surface area contributed by atoms with Crippen LogP contribution in [0.25, 0.3) is 16.5 Å². The summed E-state index contributed by atoms with van der Waals surface area (Å²) in [5.41, 5.74) is 1.82. The molecular weight excluding hydrogens is 316 g/mol. The van der Waals surface area contributed by atoms with Crippen LogP contribution < -0.4 is 0 Å². The van der Waals surface area contributed by atoms with Gasteiger partial charge in [0.15, 0.2) is 0 Å². The Kier molecular flexibility index (Phi) is 4.72. The van der Waals surface area contributed by atoms with E-state index in [1.54, 1.807) is 10.9 Å². The van der Waals surface area contributed by atoms with Gasteiger partial charge in [0.05, 0.1) is 24.6 Å². The summed E-state index contributed by atoms with van der Waals surface area (Å²) >= 11 is 0. The van der Waals surface area contributed by atoms with Crippen molar-refractivity contribution in [1.29, 1.82) is 0 Å². The van der Waals surface area contributed by atoms with Crippen LogP contribution in [-0.4, -0.2) is 37.8 Å². The van der Waals surface area contributed by atoms with Crippen LogP contribution >= 0.6 is 0 Å². The molecule has 25 heavy (non-hydrogen) atoms. The molecule has 1 N–H and O–H groups in total. The van der Waals surface area contributed by atoms with E-state index in [1.807, 2.05) is 36.7 Å². The Morgan fingerprint density at radius 3 is 2.88 bits per heavy atom. The van der Waals surface area contributed by atoms with Gasteiger partial charge in [0, 0.05) is 29.8 Å². The van der Waals surface area contributed by atoms with E-state index in [0.29, 0.717) is 19.1 Å². The molecule has 4 rings (SSSR count). The van der Waals surface area contributed by atoms with Crippen LogP contribution in [0.3, 0.4) is 0 Å². The second-order valence-electron chi connectivity index (χ2n) is 6.66. The molecule has 6 nitrogen and oxygen atoms in total. The molecule has 1 aliphatic carbocycles. The number of hydrogen-bond acceptors (Lipinski definition) is 5. The van der Waals surface area contributed by atoms with Gasteiger partial charge in [-0.05, 0) is 43.7 Å². The van der Waals surface area contributed by atoms with E-state index >= 15 is 0 Å². The highest BCUT2D eigenvalue weighted by Gasteiger charge is 2.21. The van der Waals surface area contributed by atoms with E-state index < -0.39 is 0 Å². The van der Waals surface area contributed by atoms with E-state index in [9.17, 15) is 5.11 Å². The molecule has 0 spiro atoms. The zero-order chi connectivity index (χ0) is 17.1. The summed E-state index contributed by atoms with van der Waals surface area (Å²) in [6, 6.07) is 8.05. The molecule has 130 valence electrons. The maximum Gasteiger partial charge on any atom is 0.109 e. The van der Waals surface area contributed by atoms with Crippen molar-refractivity contribution >= 4 is 10.8 Å². The Hall–Kier alpha value is -2.31. The van der Waals surface area contributed by atoms with Crippen LogP contribution in [0.5, 0.6) is 0 Å². The normalized spacial score (nSPS) is 20.8. The number of aliphatic hydroxyl groups excluding tert-OH is 1. The largest absolute Gasteiger partial charge is 0.396 e. The molecule has 2 heterocycles. The summed E-state index contributed by atoms with van der Waals surface area (Å²) in [6.45, 7) is 0.766. The average molecular weight is 338 g/mol. The van der Waals surface area contributed by atoms with E-state index in [2.05, 4.69) is 15.3 Å². The lowest BCUT2D eigenvalue weighted by molar-refractivity contribution is -0.000180. The predicted octanol–water partition coefficient (Wildman–Crippen LogP) is 2.88. The molecule has 0 radical (unpaired) electrons. The molecule has 1 fully saturated rings. The highest BCUT2D eigenvalue weighted by molar-refractivity contribution is 5.89. The summed E-state index contributed by atoms with van der Waals surface area (Å²) in [6.07, 6.45) is 9.92. The summed E-state index contributed by atoms with van der Waals surface area (Å²) in [5.74, 6) is 0.446. The molecule has 0 bridgehead atoms. The van der Waals surface area contributed by atoms with Crippen molar-refractivity contribution in [3.8, 4) is 5.69 Å². The lowest BCUT2D eigenvalue weighted by Gasteiger charge is -2.26. The quantitative estimate of drug-likeness (QED) is 0.774. The van der Waals surface area contributed by atoms with Gasteiger partial charge < -0.3 is 9.84 Å². The smallest absolute Gasteiger partial charge is 0.109 e. The number of rotatable bonds is 5. The van der Waals surface area contributed by atoms with Gasteiger partial charge in [0.1, 0.15) is 5.69 Å². The van der Waals surface area contributed by atoms with Crippen LogP contribution in [0.15, 0.2) is 42.9 Å². The minimum atomic E-state index is 0.261.